The van der Waals surface area contributed by atoms with E-state index in [1.54, 1.807) is 31.2 Å². The standard InChI is InChI=1S/C24H21Cl2F3N2O2S/c1-16-2-13-21(14-3-16)34(32,33)31-23(24(27,28)29)22(30-20-11-9-19(26)10-12-20)15-6-17-4-7-18(25)8-5-17/h2-15,22-23,30-31H,1H3/b15-6+/t22-,23+/m0/s1. The summed E-state index contributed by atoms with van der Waals surface area (Å²) in [5.41, 5.74) is 1.70. The van der Waals surface area contributed by atoms with Crippen molar-refractivity contribution in [3.8, 4) is 0 Å². The van der Waals surface area contributed by atoms with Crippen LogP contribution in [-0.4, -0.2) is 26.7 Å². The van der Waals surface area contributed by atoms with Crippen LogP contribution in [0.15, 0.2) is 83.8 Å². The third-order valence-corrected chi connectivity index (χ3v) is 6.83. The third-order valence-electron chi connectivity index (χ3n) is 4.87. The van der Waals surface area contributed by atoms with Crippen LogP contribution in [0.2, 0.25) is 10.0 Å². The minimum Gasteiger partial charge on any atom is -0.377 e. The van der Waals surface area contributed by atoms with Crippen molar-refractivity contribution in [1.29, 1.82) is 0 Å². The Morgan fingerprint density at radius 3 is 1.91 bits per heavy atom. The normalized spacial score (nSPS) is 14.2. The molecule has 0 saturated heterocycles. The first-order valence-electron chi connectivity index (χ1n) is 10.1. The largest absolute Gasteiger partial charge is 0.407 e. The molecule has 0 bridgehead atoms. The lowest BCUT2D eigenvalue weighted by molar-refractivity contribution is -0.152. The number of anilines is 1. The van der Waals surface area contributed by atoms with Gasteiger partial charge in [0.2, 0.25) is 10.0 Å². The Labute approximate surface area is 206 Å². The van der Waals surface area contributed by atoms with Gasteiger partial charge in [0.25, 0.3) is 0 Å². The van der Waals surface area contributed by atoms with Gasteiger partial charge in [0.1, 0.15) is 6.04 Å². The van der Waals surface area contributed by atoms with E-state index in [0.29, 0.717) is 21.3 Å². The summed E-state index contributed by atoms with van der Waals surface area (Å²) in [6, 6.07) is 14.1. The van der Waals surface area contributed by atoms with Gasteiger partial charge in [-0.3, -0.25) is 0 Å². The van der Waals surface area contributed by atoms with Gasteiger partial charge in [-0.15, -0.1) is 0 Å². The maximum atomic E-state index is 14.2. The van der Waals surface area contributed by atoms with Crippen molar-refractivity contribution < 1.29 is 21.6 Å². The minimum atomic E-state index is -4.91. The summed E-state index contributed by atoms with van der Waals surface area (Å²) >= 11 is 11.8. The van der Waals surface area contributed by atoms with E-state index in [1.165, 1.54) is 60.7 Å². The van der Waals surface area contributed by atoms with Crippen molar-refractivity contribution in [2.45, 2.75) is 30.1 Å². The van der Waals surface area contributed by atoms with Crippen LogP contribution in [0.1, 0.15) is 11.1 Å². The molecule has 0 aliphatic rings. The van der Waals surface area contributed by atoms with Crippen molar-refractivity contribution in [3.63, 3.8) is 0 Å². The zero-order valence-electron chi connectivity index (χ0n) is 17.9. The number of rotatable bonds is 8. The molecule has 0 aromatic heterocycles. The molecule has 0 fully saturated rings. The zero-order chi connectivity index (χ0) is 24.9. The number of halogens is 5. The fraction of sp³-hybridized carbons (Fsp3) is 0.167. The van der Waals surface area contributed by atoms with Gasteiger partial charge in [-0.2, -0.15) is 17.9 Å². The van der Waals surface area contributed by atoms with E-state index in [0.717, 1.165) is 5.56 Å². The minimum absolute atomic E-state index is 0.265. The first kappa shape index (κ1) is 26.1. The van der Waals surface area contributed by atoms with Crippen LogP contribution in [0.5, 0.6) is 0 Å². The van der Waals surface area contributed by atoms with Crippen molar-refractivity contribution in [3.05, 3.63) is 100 Å². The van der Waals surface area contributed by atoms with Gasteiger partial charge in [-0.25, -0.2) is 8.42 Å². The number of aryl methyl sites for hydroxylation is 1. The Morgan fingerprint density at radius 2 is 1.38 bits per heavy atom. The van der Waals surface area contributed by atoms with Gasteiger partial charge >= 0.3 is 6.18 Å². The molecule has 0 amide bonds. The summed E-state index contributed by atoms with van der Waals surface area (Å²) in [6.07, 6.45) is -2.19. The number of alkyl halides is 3. The van der Waals surface area contributed by atoms with Gasteiger partial charge in [-0.1, -0.05) is 65.2 Å². The smallest absolute Gasteiger partial charge is 0.377 e. The molecule has 0 unspecified atom stereocenters. The van der Waals surface area contributed by atoms with Crippen molar-refractivity contribution in [1.82, 2.24) is 4.72 Å². The van der Waals surface area contributed by atoms with Gasteiger partial charge in [0.05, 0.1) is 10.9 Å². The van der Waals surface area contributed by atoms with Crippen molar-refractivity contribution in [2.75, 3.05) is 5.32 Å². The van der Waals surface area contributed by atoms with E-state index in [4.69, 9.17) is 23.2 Å². The summed E-state index contributed by atoms with van der Waals surface area (Å²) in [5.74, 6) is 0. The molecule has 3 rings (SSSR count). The second-order valence-corrected chi connectivity index (χ2v) is 10.1. The van der Waals surface area contributed by atoms with E-state index in [1.807, 2.05) is 4.72 Å². The second kappa shape index (κ2) is 10.8. The first-order valence-corrected chi connectivity index (χ1v) is 12.3. The Kier molecular flexibility index (Phi) is 8.30. The van der Waals surface area contributed by atoms with E-state index < -0.39 is 28.3 Å². The Bertz CT molecular complexity index is 1230. The van der Waals surface area contributed by atoms with Crippen LogP contribution >= 0.6 is 23.2 Å². The first-order chi connectivity index (χ1) is 15.9. The van der Waals surface area contributed by atoms with E-state index >= 15 is 0 Å². The van der Waals surface area contributed by atoms with Crippen molar-refractivity contribution in [2.24, 2.45) is 0 Å². The average molecular weight is 529 g/mol. The summed E-state index contributed by atoms with van der Waals surface area (Å²) in [6.45, 7) is 1.75. The number of hydrogen-bond acceptors (Lipinski definition) is 3. The molecule has 0 spiro atoms. The van der Waals surface area contributed by atoms with Gasteiger partial charge in [0, 0.05) is 15.7 Å². The predicted octanol–water partition coefficient (Wildman–Crippen LogP) is 6.71. The van der Waals surface area contributed by atoms with Crippen LogP contribution in [0.25, 0.3) is 6.08 Å². The fourth-order valence-corrected chi connectivity index (χ4v) is 4.56. The SMILES string of the molecule is Cc1ccc(S(=O)(=O)N[C@H]([C@H](/C=C/c2ccc(Cl)cc2)Nc2ccc(Cl)cc2)C(F)(F)F)cc1. The molecule has 34 heavy (non-hydrogen) atoms. The fourth-order valence-electron chi connectivity index (χ4n) is 3.07. The third kappa shape index (κ3) is 7.24. The summed E-state index contributed by atoms with van der Waals surface area (Å²) in [7, 11) is -4.47. The van der Waals surface area contributed by atoms with Gasteiger partial charge < -0.3 is 5.32 Å². The van der Waals surface area contributed by atoms with Crippen LogP contribution in [0.4, 0.5) is 18.9 Å². The zero-order valence-corrected chi connectivity index (χ0v) is 20.2. The van der Waals surface area contributed by atoms with Crippen LogP contribution < -0.4 is 10.0 Å². The molecule has 0 aliphatic heterocycles. The molecule has 180 valence electrons. The molecule has 0 saturated carbocycles. The van der Waals surface area contributed by atoms with Crippen molar-refractivity contribution >= 4 is 45.0 Å². The molecule has 2 N–H and O–H groups in total. The molecule has 2 atom stereocenters. The number of hydrogen-bond donors (Lipinski definition) is 2. The lowest BCUT2D eigenvalue weighted by Gasteiger charge is -2.29. The number of nitrogens with one attached hydrogen (secondary N) is 2. The highest BCUT2D eigenvalue weighted by Crippen LogP contribution is 2.28. The van der Waals surface area contributed by atoms with Crippen LogP contribution in [-0.2, 0) is 10.0 Å². The molecule has 10 heteroatoms. The topological polar surface area (TPSA) is 58.2 Å². The molecule has 3 aromatic carbocycles. The van der Waals surface area contributed by atoms with Gasteiger partial charge in [-0.05, 0) is 61.0 Å². The number of benzene rings is 3. The van der Waals surface area contributed by atoms with Gasteiger partial charge in [0.15, 0.2) is 0 Å². The molecule has 4 nitrogen and oxygen atoms in total. The molecule has 0 radical (unpaired) electrons. The summed E-state index contributed by atoms with van der Waals surface area (Å²) < 4.78 is 70.0. The molecular weight excluding hydrogens is 508 g/mol. The van der Waals surface area contributed by atoms with E-state index in [-0.39, 0.29) is 4.90 Å². The Hall–Kier alpha value is -2.52. The molecule has 0 heterocycles. The quantitative estimate of drug-likeness (QED) is 0.341. The molecular formula is C24H21Cl2F3N2O2S. The lowest BCUT2D eigenvalue weighted by Crippen LogP contribution is -2.54. The molecule has 0 aliphatic carbocycles. The average Bonchev–Trinajstić information content (AvgIpc) is 2.77. The highest BCUT2D eigenvalue weighted by Gasteiger charge is 2.46. The molecule has 3 aromatic rings. The highest BCUT2D eigenvalue weighted by atomic mass is 35.5. The highest BCUT2D eigenvalue weighted by molar-refractivity contribution is 7.89. The summed E-state index contributed by atoms with van der Waals surface area (Å²) in [4.78, 5) is -0.265. The van der Waals surface area contributed by atoms with E-state index in [9.17, 15) is 21.6 Å². The lowest BCUT2D eigenvalue weighted by atomic mass is 10.1. The summed E-state index contributed by atoms with van der Waals surface area (Å²) in [5, 5.41) is 3.65. The number of sulfonamides is 1. The monoisotopic (exact) mass is 528 g/mol. The van der Waals surface area contributed by atoms with E-state index in [2.05, 4.69) is 5.32 Å². The van der Waals surface area contributed by atoms with Crippen LogP contribution in [0.3, 0.4) is 0 Å². The maximum absolute atomic E-state index is 14.2. The Balaban J connectivity index is 1.99. The second-order valence-electron chi connectivity index (χ2n) is 7.54. The van der Waals surface area contributed by atoms with Crippen LogP contribution in [0, 0.1) is 6.92 Å². The Morgan fingerprint density at radius 1 is 0.853 bits per heavy atom. The maximum Gasteiger partial charge on any atom is 0.407 e. The predicted molar refractivity (Wildman–Crippen MR) is 131 cm³/mol.